The molecule has 0 aliphatic carbocycles. The Balaban J connectivity index is 2.24. The van der Waals surface area contributed by atoms with E-state index in [2.05, 4.69) is 5.16 Å². The van der Waals surface area contributed by atoms with Gasteiger partial charge in [0.05, 0.1) is 10.6 Å². The summed E-state index contributed by atoms with van der Waals surface area (Å²) in [6, 6.07) is 5.26. The fraction of sp³-hybridized carbons (Fsp3) is 0.0714. The van der Waals surface area contributed by atoms with Crippen LogP contribution in [0.3, 0.4) is 0 Å². The van der Waals surface area contributed by atoms with Crippen molar-refractivity contribution in [1.29, 1.82) is 0 Å². The average Bonchev–Trinajstić information content (AvgIpc) is 2.96. The van der Waals surface area contributed by atoms with Gasteiger partial charge in [-0.25, -0.2) is 0 Å². The minimum absolute atomic E-state index is 0.315. The molecule has 3 nitrogen and oxygen atoms in total. The van der Waals surface area contributed by atoms with Crippen molar-refractivity contribution in [3.05, 3.63) is 44.6 Å². The summed E-state index contributed by atoms with van der Waals surface area (Å²) in [6.07, 6.45) is 0. The van der Waals surface area contributed by atoms with Crippen LogP contribution in [-0.2, 0) is 0 Å². The number of benzene rings is 1. The molecule has 0 fully saturated rings. The summed E-state index contributed by atoms with van der Waals surface area (Å²) < 4.78 is 5.40. The Morgan fingerprint density at radius 3 is 2.65 bits per heavy atom. The van der Waals surface area contributed by atoms with Crippen LogP contribution in [0.15, 0.2) is 33.5 Å². The quantitative estimate of drug-likeness (QED) is 0.698. The maximum Gasteiger partial charge on any atom is 0.178 e. The number of nitrogens with two attached hydrogens (primary N) is 1. The molecule has 0 atom stereocenters. The minimum Gasteiger partial charge on any atom is -0.380 e. The number of hydrogen-bond donors (Lipinski definition) is 1. The number of nitrogens with zero attached hydrogens (tertiary/aromatic N) is 1. The molecule has 6 heteroatoms. The minimum atomic E-state index is 0.315. The van der Waals surface area contributed by atoms with Crippen molar-refractivity contribution in [2.75, 3.05) is 5.73 Å². The number of thiophene rings is 1. The summed E-state index contributed by atoms with van der Waals surface area (Å²) in [7, 11) is 0. The van der Waals surface area contributed by atoms with Crippen LogP contribution in [0.2, 0.25) is 10.0 Å². The highest BCUT2D eigenvalue weighted by molar-refractivity contribution is 7.08. The van der Waals surface area contributed by atoms with Crippen LogP contribution in [0.4, 0.5) is 5.82 Å². The smallest absolute Gasteiger partial charge is 0.178 e. The van der Waals surface area contributed by atoms with Crippen molar-refractivity contribution in [2.45, 2.75) is 6.92 Å². The summed E-state index contributed by atoms with van der Waals surface area (Å²) in [6.45, 7) is 2.01. The molecule has 102 valence electrons. The van der Waals surface area contributed by atoms with Crippen LogP contribution in [0.25, 0.3) is 22.5 Å². The number of anilines is 1. The van der Waals surface area contributed by atoms with Crippen LogP contribution in [0, 0.1) is 6.92 Å². The van der Waals surface area contributed by atoms with Crippen molar-refractivity contribution in [3.63, 3.8) is 0 Å². The SMILES string of the molecule is Cc1cscc1-c1onc(N)c1-c1ccc(Cl)cc1Cl. The van der Waals surface area contributed by atoms with E-state index in [1.165, 1.54) is 0 Å². The molecule has 0 saturated heterocycles. The van der Waals surface area contributed by atoms with Crippen molar-refractivity contribution >= 4 is 40.4 Å². The van der Waals surface area contributed by atoms with E-state index in [1.807, 2.05) is 23.8 Å². The Bertz CT molecular complexity index is 779. The van der Waals surface area contributed by atoms with Gasteiger partial charge < -0.3 is 10.3 Å². The Morgan fingerprint density at radius 2 is 2.00 bits per heavy atom. The predicted molar refractivity (Wildman–Crippen MR) is 84.4 cm³/mol. The number of rotatable bonds is 2. The number of hydrogen-bond acceptors (Lipinski definition) is 4. The average molecular weight is 325 g/mol. The van der Waals surface area contributed by atoms with E-state index in [0.29, 0.717) is 27.2 Å². The maximum atomic E-state index is 6.26. The molecule has 0 bridgehead atoms. The molecule has 2 aromatic heterocycles. The third-order valence-corrected chi connectivity index (χ3v) is 4.43. The number of aryl methyl sites for hydroxylation is 1. The van der Waals surface area contributed by atoms with Crippen LogP contribution in [0.5, 0.6) is 0 Å². The second-order valence-electron chi connectivity index (χ2n) is 4.36. The molecule has 20 heavy (non-hydrogen) atoms. The summed E-state index contributed by atoms with van der Waals surface area (Å²) >= 11 is 13.8. The molecule has 0 radical (unpaired) electrons. The van der Waals surface area contributed by atoms with E-state index >= 15 is 0 Å². The lowest BCUT2D eigenvalue weighted by molar-refractivity contribution is 0.436. The summed E-state index contributed by atoms with van der Waals surface area (Å²) in [4.78, 5) is 0. The predicted octanol–water partition coefficient (Wildman–Crippen LogP) is 5.27. The van der Waals surface area contributed by atoms with Gasteiger partial charge in [-0.3, -0.25) is 0 Å². The number of halogens is 2. The highest BCUT2D eigenvalue weighted by atomic mass is 35.5. The van der Waals surface area contributed by atoms with Crippen LogP contribution in [0.1, 0.15) is 5.56 Å². The molecule has 0 saturated carbocycles. The van der Waals surface area contributed by atoms with E-state index < -0.39 is 0 Å². The lowest BCUT2D eigenvalue weighted by Crippen LogP contribution is -1.89. The van der Waals surface area contributed by atoms with Gasteiger partial charge in [0.15, 0.2) is 11.6 Å². The van der Waals surface area contributed by atoms with E-state index in [-0.39, 0.29) is 0 Å². The largest absolute Gasteiger partial charge is 0.380 e. The van der Waals surface area contributed by atoms with Gasteiger partial charge in [-0.1, -0.05) is 34.4 Å². The van der Waals surface area contributed by atoms with Crippen LogP contribution in [-0.4, -0.2) is 5.16 Å². The molecular weight excluding hydrogens is 315 g/mol. The first-order valence-corrected chi connectivity index (χ1v) is 7.51. The number of nitrogen functional groups attached to an aromatic ring is 1. The van der Waals surface area contributed by atoms with E-state index in [1.54, 1.807) is 23.5 Å². The highest BCUT2D eigenvalue weighted by Crippen LogP contribution is 2.42. The Hall–Kier alpha value is -1.49. The van der Waals surface area contributed by atoms with Gasteiger partial charge in [-0.2, -0.15) is 11.3 Å². The summed E-state index contributed by atoms with van der Waals surface area (Å²) in [5.74, 6) is 0.945. The van der Waals surface area contributed by atoms with Crippen LogP contribution < -0.4 is 5.73 Å². The van der Waals surface area contributed by atoms with Crippen molar-refractivity contribution in [3.8, 4) is 22.5 Å². The van der Waals surface area contributed by atoms with Gasteiger partial charge in [0.25, 0.3) is 0 Å². The molecule has 0 aliphatic heterocycles. The first kappa shape index (κ1) is 13.5. The Morgan fingerprint density at radius 1 is 1.20 bits per heavy atom. The zero-order chi connectivity index (χ0) is 14.3. The molecule has 2 N–H and O–H groups in total. The van der Waals surface area contributed by atoms with Crippen molar-refractivity contribution < 1.29 is 4.52 Å². The summed E-state index contributed by atoms with van der Waals surface area (Å²) in [5.41, 5.74) is 9.49. The van der Waals surface area contributed by atoms with Crippen LogP contribution >= 0.6 is 34.5 Å². The molecule has 1 aromatic carbocycles. The second kappa shape index (κ2) is 5.13. The van der Waals surface area contributed by atoms with Gasteiger partial charge in [0.1, 0.15) is 0 Å². The molecule has 0 spiro atoms. The molecule has 0 amide bonds. The third-order valence-electron chi connectivity index (χ3n) is 3.02. The molecule has 0 unspecified atom stereocenters. The molecule has 3 rings (SSSR count). The Kier molecular flexibility index (Phi) is 3.46. The fourth-order valence-electron chi connectivity index (χ4n) is 2.03. The zero-order valence-electron chi connectivity index (χ0n) is 10.5. The molecule has 0 aliphatic rings. The Labute approximate surface area is 129 Å². The molecular formula is C14H10Cl2N2OS. The first-order chi connectivity index (χ1) is 9.58. The van der Waals surface area contributed by atoms with E-state index in [0.717, 1.165) is 16.7 Å². The molecule has 3 aromatic rings. The first-order valence-electron chi connectivity index (χ1n) is 5.81. The standard InChI is InChI=1S/C14H10Cl2N2OS/c1-7-5-20-6-10(7)13-12(14(17)18-19-13)9-3-2-8(15)4-11(9)16/h2-6H,1H3,(H2,17,18). The highest BCUT2D eigenvalue weighted by Gasteiger charge is 2.21. The van der Waals surface area contributed by atoms with Crippen molar-refractivity contribution in [2.24, 2.45) is 0 Å². The monoisotopic (exact) mass is 324 g/mol. The maximum absolute atomic E-state index is 6.26. The second-order valence-corrected chi connectivity index (χ2v) is 5.95. The third kappa shape index (κ3) is 2.20. The van der Waals surface area contributed by atoms with Gasteiger partial charge in [-0.05, 0) is 30.0 Å². The zero-order valence-corrected chi connectivity index (χ0v) is 12.8. The van der Waals surface area contributed by atoms with Gasteiger partial charge >= 0.3 is 0 Å². The summed E-state index contributed by atoms with van der Waals surface area (Å²) in [5, 5.41) is 9.00. The van der Waals surface area contributed by atoms with Gasteiger partial charge in [0.2, 0.25) is 0 Å². The number of aromatic nitrogens is 1. The lowest BCUT2D eigenvalue weighted by atomic mass is 10.0. The fourth-order valence-corrected chi connectivity index (χ4v) is 3.36. The van der Waals surface area contributed by atoms with Crippen molar-refractivity contribution in [1.82, 2.24) is 5.16 Å². The molecule has 2 heterocycles. The van der Waals surface area contributed by atoms with Gasteiger partial charge in [-0.15, -0.1) is 0 Å². The topological polar surface area (TPSA) is 52.0 Å². The van der Waals surface area contributed by atoms with Gasteiger partial charge in [0, 0.05) is 21.5 Å². The van der Waals surface area contributed by atoms with E-state index in [9.17, 15) is 0 Å². The normalized spacial score (nSPS) is 10.9. The lowest BCUT2D eigenvalue weighted by Gasteiger charge is -2.05. The van der Waals surface area contributed by atoms with E-state index in [4.69, 9.17) is 33.5 Å².